The molecule has 142 valence electrons. The summed E-state index contributed by atoms with van der Waals surface area (Å²) >= 11 is 0. The minimum absolute atomic E-state index is 0.0383. The Balaban J connectivity index is 1.98. The van der Waals surface area contributed by atoms with Crippen LogP contribution in [0.3, 0.4) is 0 Å². The number of hydrogen-bond donors (Lipinski definition) is 2. The largest absolute Gasteiger partial charge is 0.416 e. The van der Waals surface area contributed by atoms with E-state index in [4.69, 9.17) is 5.14 Å². The normalized spacial score (nSPS) is 17.6. The van der Waals surface area contributed by atoms with Crippen LogP contribution in [-0.4, -0.2) is 20.1 Å². The molecule has 1 aliphatic rings. The third kappa shape index (κ3) is 4.13. The third-order valence-electron chi connectivity index (χ3n) is 4.28. The second-order valence-corrected chi connectivity index (χ2v) is 7.71. The van der Waals surface area contributed by atoms with E-state index in [1.807, 2.05) is 0 Å². The van der Waals surface area contributed by atoms with Crippen LogP contribution in [0.1, 0.15) is 16.7 Å². The Hall–Kier alpha value is -2.42. The van der Waals surface area contributed by atoms with Gasteiger partial charge < -0.3 is 5.11 Å². The minimum Gasteiger partial charge on any atom is -0.395 e. The summed E-state index contributed by atoms with van der Waals surface area (Å²) in [4.78, 5) is -0.0383. The Morgan fingerprint density at radius 1 is 0.889 bits per heavy atom. The van der Waals surface area contributed by atoms with Crippen molar-refractivity contribution in [1.82, 2.24) is 0 Å². The fourth-order valence-electron chi connectivity index (χ4n) is 2.93. The van der Waals surface area contributed by atoms with Crippen LogP contribution in [0, 0.1) is 5.92 Å². The van der Waals surface area contributed by atoms with E-state index >= 15 is 0 Å². The van der Waals surface area contributed by atoms with Crippen molar-refractivity contribution in [2.75, 3.05) is 6.61 Å². The van der Waals surface area contributed by atoms with Crippen molar-refractivity contribution in [1.29, 1.82) is 0 Å². The molecule has 0 bridgehead atoms. The molecule has 1 unspecified atom stereocenters. The summed E-state index contributed by atoms with van der Waals surface area (Å²) in [6, 6.07) is 10.6. The number of sulfonamides is 1. The molecule has 3 rings (SSSR count). The average molecular weight is 395 g/mol. The maximum atomic E-state index is 12.8. The van der Waals surface area contributed by atoms with Crippen molar-refractivity contribution in [3.05, 3.63) is 77.4 Å². The van der Waals surface area contributed by atoms with Gasteiger partial charge in [-0.05, 0) is 46.5 Å². The van der Waals surface area contributed by atoms with Crippen LogP contribution in [-0.2, 0) is 16.2 Å². The van der Waals surface area contributed by atoms with Gasteiger partial charge in [0.2, 0.25) is 10.0 Å². The van der Waals surface area contributed by atoms with E-state index in [0.29, 0.717) is 22.3 Å². The molecule has 0 amide bonds. The molecule has 3 N–H and O–H groups in total. The molecule has 0 fully saturated rings. The highest BCUT2D eigenvalue weighted by Gasteiger charge is 2.30. The number of allylic oxidation sites excluding steroid dienone is 2. The average Bonchev–Trinajstić information content (AvgIpc) is 3.05. The molecule has 0 spiro atoms. The van der Waals surface area contributed by atoms with Crippen LogP contribution in [0.4, 0.5) is 13.2 Å². The summed E-state index contributed by atoms with van der Waals surface area (Å²) in [7, 11) is -3.82. The maximum absolute atomic E-state index is 12.8. The molecule has 8 heteroatoms. The highest BCUT2D eigenvalue weighted by Crippen LogP contribution is 2.39. The van der Waals surface area contributed by atoms with Crippen molar-refractivity contribution < 1.29 is 26.7 Å². The SMILES string of the molecule is NS(=O)(=O)c1ccc(C2=CC(CO)C=C2c2ccc(C(F)(F)F)cc2)cc1. The van der Waals surface area contributed by atoms with Crippen LogP contribution in [0.25, 0.3) is 11.1 Å². The molecule has 2 aromatic carbocycles. The molecule has 27 heavy (non-hydrogen) atoms. The third-order valence-corrected chi connectivity index (χ3v) is 5.21. The van der Waals surface area contributed by atoms with E-state index in [2.05, 4.69) is 0 Å². The van der Waals surface area contributed by atoms with Crippen molar-refractivity contribution in [2.24, 2.45) is 11.1 Å². The number of aliphatic hydroxyl groups is 1. The molecule has 1 aliphatic carbocycles. The lowest BCUT2D eigenvalue weighted by atomic mass is 9.94. The zero-order valence-electron chi connectivity index (χ0n) is 13.9. The second-order valence-electron chi connectivity index (χ2n) is 6.15. The molecule has 0 saturated carbocycles. The van der Waals surface area contributed by atoms with E-state index in [1.54, 1.807) is 24.3 Å². The van der Waals surface area contributed by atoms with E-state index < -0.39 is 21.8 Å². The molecule has 1 atom stereocenters. The molecule has 0 aromatic heterocycles. The number of rotatable bonds is 4. The van der Waals surface area contributed by atoms with Gasteiger partial charge in [-0.15, -0.1) is 0 Å². The Morgan fingerprint density at radius 3 is 1.70 bits per heavy atom. The smallest absolute Gasteiger partial charge is 0.395 e. The van der Waals surface area contributed by atoms with Gasteiger partial charge in [-0.3, -0.25) is 0 Å². The van der Waals surface area contributed by atoms with E-state index in [1.165, 1.54) is 24.3 Å². The fourth-order valence-corrected chi connectivity index (χ4v) is 3.44. The number of aliphatic hydroxyl groups excluding tert-OH is 1. The zero-order valence-corrected chi connectivity index (χ0v) is 14.8. The molecular formula is C19H16F3NO3S. The Bertz CT molecular complexity index is 1010. The number of primary sulfonamides is 1. The molecular weight excluding hydrogens is 379 g/mol. The topological polar surface area (TPSA) is 80.4 Å². The van der Waals surface area contributed by atoms with Crippen molar-refractivity contribution in [3.63, 3.8) is 0 Å². The monoisotopic (exact) mass is 395 g/mol. The van der Waals surface area contributed by atoms with Crippen LogP contribution in [0.15, 0.2) is 65.6 Å². The lowest BCUT2D eigenvalue weighted by Crippen LogP contribution is -2.11. The zero-order chi connectivity index (χ0) is 19.8. The van der Waals surface area contributed by atoms with E-state index in [0.717, 1.165) is 12.1 Å². The first-order valence-corrected chi connectivity index (χ1v) is 9.50. The highest BCUT2D eigenvalue weighted by molar-refractivity contribution is 7.89. The number of alkyl halides is 3. The van der Waals surface area contributed by atoms with E-state index in [-0.39, 0.29) is 17.4 Å². The van der Waals surface area contributed by atoms with Crippen molar-refractivity contribution in [3.8, 4) is 0 Å². The highest BCUT2D eigenvalue weighted by atomic mass is 32.2. The van der Waals surface area contributed by atoms with Crippen molar-refractivity contribution in [2.45, 2.75) is 11.1 Å². The number of halogens is 3. The Kier molecular flexibility index (Phi) is 4.98. The summed E-state index contributed by atoms with van der Waals surface area (Å²) in [5.41, 5.74) is 1.87. The van der Waals surface area contributed by atoms with Gasteiger partial charge in [0.25, 0.3) is 0 Å². The van der Waals surface area contributed by atoms with E-state index in [9.17, 15) is 26.7 Å². The molecule has 0 saturated heterocycles. The Morgan fingerprint density at radius 2 is 1.33 bits per heavy atom. The number of hydrogen-bond acceptors (Lipinski definition) is 3. The second kappa shape index (κ2) is 6.95. The number of benzene rings is 2. The van der Waals surface area contributed by atoms with Crippen LogP contribution in [0.5, 0.6) is 0 Å². The maximum Gasteiger partial charge on any atom is 0.416 e. The summed E-state index contributed by atoms with van der Waals surface area (Å²) in [6.07, 6.45) is -0.858. The first-order valence-electron chi connectivity index (χ1n) is 7.95. The van der Waals surface area contributed by atoms with Gasteiger partial charge in [0.15, 0.2) is 0 Å². The predicted octanol–water partition coefficient (Wildman–Crippen LogP) is 3.44. The van der Waals surface area contributed by atoms with Gasteiger partial charge >= 0.3 is 6.18 Å². The first kappa shape index (κ1) is 19.3. The molecule has 0 heterocycles. The quantitative estimate of drug-likeness (QED) is 0.832. The predicted molar refractivity (Wildman–Crippen MR) is 95.8 cm³/mol. The van der Waals surface area contributed by atoms with Gasteiger partial charge in [0.1, 0.15) is 0 Å². The van der Waals surface area contributed by atoms with Gasteiger partial charge in [0.05, 0.1) is 17.1 Å². The Labute approximate surface area is 154 Å². The molecule has 2 aromatic rings. The summed E-state index contributed by atoms with van der Waals surface area (Å²) in [5, 5.41) is 14.6. The lowest BCUT2D eigenvalue weighted by Gasteiger charge is -2.12. The molecule has 4 nitrogen and oxygen atoms in total. The lowest BCUT2D eigenvalue weighted by molar-refractivity contribution is -0.137. The fraction of sp³-hybridized carbons (Fsp3) is 0.158. The van der Waals surface area contributed by atoms with Gasteiger partial charge in [0, 0.05) is 5.92 Å². The first-order chi connectivity index (χ1) is 12.6. The summed E-state index contributed by atoms with van der Waals surface area (Å²) in [5.74, 6) is -0.282. The van der Waals surface area contributed by atoms with Gasteiger partial charge in [-0.1, -0.05) is 36.4 Å². The standard InChI is InChI=1S/C19H16F3NO3S/c20-19(21,22)15-5-1-13(2-6-15)17-9-12(11-24)10-18(17)14-3-7-16(8-4-14)27(23,25)26/h1-10,12,24H,11H2,(H2,23,25,26). The molecule has 0 aliphatic heterocycles. The van der Waals surface area contributed by atoms with Gasteiger partial charge in [-0.2, -0.15) is 13.2 Å². The summed E-state index contributed by atoms with van der Waals surface area (Å²) < 4.78 is 61.1. The van der Waals surface area contributed by atoms with Crippen LogP contribution in [0.2, 0.25) is 0 Å². The van der Waals surface area contributed by atoms with Crippen molar-refractivity contribution >= 4 is 21.2 Å². The molecule has 0 radical (unpaired) electrons. The van der Waals surface area contributed by atoms with Crippen LogP contribution < -0.4 is 5.14 Å². The summed E-state index contributed by atoms with van der Waals surface area (Å²) in [6.45, 7) is -0.150. The van der Waals surface area contributed by atoms with Crippen LogP contribution >= 0.6 is 0 Å². The number of nitrogens with two attached hydrogens (primary N) is 1. The minimum atomic E-state index is -4.42. The van der Waals surface area contributed by atoms with Gasteiger partial charge in [-0.25, -0.2) is 13.6 Å².